The minimum atomic E-state index is 0.543. The summed E-state index contributed by atoms with van der Waals surface area (Å²) >= 11 is 0. The fraction of sp³-hybridized carbons (Fsp3) is 1.00. The summed E-state index contributed by atoms with van der Waals surface area (Å²) in [5.41, 5.74) is 0. The van der Waals surface area contributed by atoms with Crippen molar-refractivity contribution in [2.75, 3.05) is 6.61 Å². The van der Waals surface area contributed by atoms with E-state index in [1.54, 1.807) is 0 Å². The van der Waals surface area contributed by atoms with Crippen molar-refractivity contribution in [1.82, 2.24) is 0 Å². The van der Waals surface area contributed by atoms with Crippen LogP contribution < -0.4 is 0 Å². The van der Waals surface area contributed by atoms with Gasteiger partial charge in [0.1, 0.15) is 0 Å². The molecule has 78 valence electrons. The van der Waals surface area contributed by atoms with E-state index < -0.39 is 0 Å². The first-order valence-corrected chi connectivity index (χ1v) is 5.76. The van der Waals surface area contributed by atoms with Gasteiger partial charge in [-0.25, -0.2) is 0 Å². The fourth-order valence-electron chi connectivity index (χ4n) is 2.52. The molecule has 1 saturated carbocycles. The molecule has 0 aromatic heterocycles. The molecule has 0 heterocycles. The summed E-state index contributed by atoms with van der Waals surface area (Å²) < 4.78 is 5.81. The van der Waals surface area contributed by atoms with Crippen molar-refractivity contribution < 1.29 is 4.74 Å². The van der Waals surface area contributed by atoms with Gasteiger partial charge in [-0.05, 0) is 43.9 Å². The monoisotopic (exact) mass is 184 g/mol. The molecule has 0 N–H and O–H groups in total. The van der Waals surface area contributed by atoms with Crippen LogP contribution in [0.4, 0.5) is 0 Å². The van der Waals surface area contributed by atoms with E-state index in [1.807, 2.05) is 0 Å². The Labute approximate surface area is 82.9 Å². The zero-order chi connectivity index (χ0) is 9.84. The van der Waals surface area contributed by atoms with Crippen LogP contribution in [0.1, 0.15) is 47.0 Å². The molecule has 1 nitrogen and oxygen atoms in total. The van der Waals surface area contributed by atoms with Crippen molar-refractivity contribution in [3.8, 4) is 0 Å². The largest absolute Gasteiger partial charge is 0.378 e. The molecule has 0 amide bonds. The van der Waals surface area contributed by atoms with Crippen LogP contribution in [0.3, 0.4) is 0 Å². The van der Waals surface area contributed by atoms with Gasteiger partial charge in [0.15, 0.2) is 0 Å². The van der Waals surface area contributed by atoms with Gasteiger partial charge in [0.2, 0.25) is 0 Å². The second-order valence-corrected chi connectivity index (χ2v) is 4.82. The quantitative estimate of drug-likeness (QED) is 0.652. The molecule has 1 unspecified atom stereocenters. The number of hydrogen-bond donors (Lipinski definition) is 0. The predicted molar refractivity (Wildman–Crippen MR) is 56.8 cm³/mol. The van der Waals surface area contributed by atoms with Gasteiger partial charge < -0.3 is 4.74 Å². The second kappa shape index (κ2) is 4.99. The molecule has 1 rings (SSSR count). The molecular weight excluding hydrogens is 160 g/mol. The molecule has 1 fully saturated rings. The van der Waals surface area contributed by atoms with E-state index in [-0.39, 0.29) is 0 Å². The first-order valence-electron chi connectivity index (χ1n) is 5.76. The Bertz CT molecular complexity index is 142. The van der Waals surface area contributed by atoms with E-state index in [1.165, 1.54) is 19.3 Å². The molecule has 1 aliphatic rings. The molecule has 0 spiro atoms. The van der Waals surface area contributed by atoms with Gasteiger partial charge in [0.05, 0.1) is 6.10 Å². The number of hydrogen-bond acceptors (Lipinski definition) is 1. The highest BCUT2D eigenvalue weighted by Crippen LogP contribution is 2.35. The summed E-state index contributed by atoms with van der Waals surface area (Å²) in [6, 6.07) is 0. The molecule has 0 aromatic rings. The normalized spacial score (nSPS) is 35.3. The van der Waals surface area contributed by atoms with Gasteiger partial charge in [0, 0.05) is 6.61 Å². The summed E-state index contributed by atoms with van der Waals surface area (Å²) in [5, 5.41) is 0. The first-order chi connectivity index (χ1) is 6.15. The lowest BCUT2D eigenvalue weighted by molar-refractivity contribution is -0.0307. The molecule has 0 radical (unpaired) electrons. The summed E-state index contributed by atoms with van der Waals surface area (Å²) in [5.74, 6) is 2.48. The Balaban J connectivity index is 2.50. The highest BCUT2D eigenvalue weighted by Gasteiger charge is 2.30. The highest BCUT2D eigenvalue weighted by molar-refractivity contribution is 4.81. The minimum Gasteiger partial charge on any atom is -0.378 e. The Morgan fingerprint density at radius 1 is 1.31 bits per heavy atom. The maximum Gasteiger partial charge on any atom is 0.0605 e. The molecule has 0 bridgehead atoms. The minimum absolute atomic E-state index is 0.543. The topological polar surface area (TPSA) is 9.23 Å². The van der Waals surface area contributed by atoms with Crippen LogP contribution in [-0.2, 0) is 4.74 Å². The van der Waals surface area contributed by atoms with Crippen LogP contribution in [0, 0.1) is 17.8 Å². The van der Waals surface area contributed by atoms with Crippen LogP contribution in [0.5, 0.6) is 0 Å². The Hall–Kier alpha value is -0.0400. The maximum absolute atomic E-state index is 5.81. The summed E-state index contributed by atoms with van der Waals surface area (Å²) in [7, 11) is 0. The Kier molecular flexibility index (Phi) is 4.24. The molecule has 3 atom stereocenters. The third-order valence-electron chi connectivity index (χ3n) is 3.33. The molecule has 0 saturated heterocycles. The van der Waals surface area contributed by atoms with Crippen LogP contribution >= 0.6 is 0 Å². The average molecular weight is 184 g/mol. The Morgan fingerprint density at radius 2 is 2.00 bits per heavy atom. The third-order valence-corrected chi connectivity index (χ3v) is 3.33. The summed E-state index contributed by atoms with van der Waals surface area (Å²) in [4.78, 5) is 0. The lowest BCUT2D eigenvalue weighted by Gasteiger charge is -2.37. The fourth-order valence-corrected chi connectivity index (χ4v) is 2.52. The van der Waals surface area contributed by atoms with E-state index in [4.69, 9.17) is 4.74 Å². The van der Waals surface area contributed by atoms with Crippen molar-refractivity contribution in [3.63, 3.8) is 0 Å². The molecule has 1 aliphatic carbocycles. The van der Waals surface area contributed by atoms with E-state index in [2.05, 4.69) is 27.7 Å². The van der Waals surface area contributed by atoms with Crippen molar-refractivity contribution >= 4 is 0 Å². The van der Waals surface area contributed by atoms with E-state index in [9.17, 15) is 0 Å². The summed E-state index contributed by atoms with van der Waals surface area (Å²) in [6.07, 6.45) is 4.54. The van der Waals surface area contributed by atoms with E-state index in [0.717, 1.165) is 24.4 Å². The van der Waals surface area contributed by atoms with E-state index in [0.29, 0.717) is 6.10 Å². The summed E-state index contributed by atoms with van der Waals surface area (Å²) in [6.45, 7) is 10.0. The van der Waals surface area contributed by atoms with Gasteiger partial charge in [-0.2, -0.15) is 0 Å². The SMILES string of the molecule is CCO[C@H]1CCC(C)C[C@H]1C(C)C. The molecule has 13 heavy (non-hydrogen) atoms. The van der Waals surface area contributed by atoms with Gasteiger partial charge >= 0.3 is 0 Å². The Morgan fingerprint density at radius 3 is 2.54 bits per heavy atom. The van der Waals surface area contributed by atoms with Crippen LogP contribution in [0.15, 0.2) is 0 Å². The molecular formula is C12H24O. The van der Waals surface area contributed by atoms with Crippen molar-refractivity contribution in [1.29, 1.82) is 0 Å². The van der Waals surface area contributed by atoms with E-state index >= 15 is 0 Å². The van der Waals surface area contributed by atoms with Gasteiger partial charge in [0.25, 0.3) is 0 Å². The number of ether oxygens (including phenoxy) is 1. The highest BCUT2D eigenvalue weighted by atomic mass is 16.5. The van der Waals surface area contributed by atoms with Crippen LogP contribution in [0.25, 0.3) is 0 Å². The van der Waals surface area contributed by atoms with Crippen LogP contribution in [0.2, 0.25) is 0 Å². The molecule has 0 aromatic carbocycles. The molecule has 1 heteroatoms. The van der Waals surface area contributed by atoms with Gasteiger partial charge in [-0.3, -0.25) is 0 Å². The maximum atomic E-state index is 5.81. The van der Waals surface area contributed by atoms with Crippen molar-refractivity contribution in [2.24, 2.45) is 17.8 Å². The number of rotatable bonds is 3. The first kappa shape index (κ1) is 11.0. The smallest absolute Gasteiger partial charge is 0.0605 e. The van der Waals surface area contributed by atoms with Gasteiger partial charge in [-0.15, -0.1) is 0 Å². The lowest BCUT2D eigenvalue weighted by Crippen LogP contribution is -2.34. The van der Waals surface area contributed by atoms with Crippen molar-refractivity contribution in [2.45, 2.75) is 53.1 Å². The predicted octanol–water partition coefficient (Wildman–Crippen LogP) is 3.48. The zero-order valence-corrected chi connectivity index (χ0v) is 9.55. The zero-order valence-electron chi connectivity index (χ0n) is 9.55. The molecule has 0 aliphatic heterocycles. The average Bonchev–Trinajstić information content (AvgIpc) is 2.08. The standard InChI is InChI=1S/C12H24O/c1-5-13-12-7-6-10(4)8-11(12)9(2)3/h9-12H,5-8H2,1-4H3/t10?,11-,12-/m0/s1. The second-order valence-electron chi connectivity index (χ2n) is 4.82. The third kappa shape index (κ3) is 2.98. The van der Waals surface area contributed by atoms with Gasteiger partial charge in [-0.1, -0.05) is 20.8 Å². The van der Waals surface area contributed by atoms with Crippen molar-refractivity contribution in [3.05, 3.63) is 0 Å². The van der Waals surface area contributed by atoms with Crippen LogP contribution in [-0.4, -0.2) is 12.7 Å². The lowest BCUT2D eigenvalue weighted by atomic mass is 9.75.